The fourth-order valence-corrected chi connectivity index (χ4v) is 1.86. The predicted molar refractivity (Wildman–Crippen MR) is 88.1 cm³/mol. The summed E-state index contributed by atoms with van der Waals surface area (Å²) in [5.41, 5.74) is 4.64. The summed E-state index contributed by atoms with van der Waals surface area (Å²) in [6.45, 7) is 3.79. The number of amides is 1. The largest absolute Gasteiger partial charge is 0.481 e. The molecule has 0 fully saturated rings. The molecule has 0 saturated heterocycles. The third kappa shape index (κ3) is 4.74. The van der Waals surface area contributed by atoms with E-state index in [1.807, 2.05) is 54.6 Å². The first-order chi connectivity index (χ1) is 10.7. The highest BCUT2D eigenvalue weighted by molar-refractivity contribution is 5.84. The normalized spacial score (nSPS) is 12.1. The lowest BCUT2D eigenvalue weighted by Crippen LogP contribution is -2.33. The van der Waals surface area contributed by atoms with E-state index < -0.39 is 6.10 Å². The van der Waals surface area contributed by atoms with E-state index in [-0.39, 0.29) is 5.91 Å². The van der Waals surface area contributed by atoms with Gasteiger partial charge < -0.3 is 4.74 Å². The maximum atomic E-state index is 11.9. The highest BCUT2D eigenvalue weighted by atomic mass is 16.5. The van der Waals surface area contributed by atoms with E-state index in [0.29, 0.717) is 5.75 Å². The van der Waals surface area contributed by atoms with Crippen LogP contribution in [0.25, 0.3) is 0 Å². The standard InChI is InChI=1S/C18H20N2O2/c1-3-15-9-11-17(12-10-15)22-14(2)18(21)20-19-13-16-7-5-4-6-8-16/h4-14H,3H2,1-2H3,(H,20,21). The molecule has 4 nitrogen and oxygen atoms in total. The second-order valence-corrected chi connectivity index (χ2v) is 4.90. The van der Waals surface area contributed by atoms with Gasteiger partial charge in [0.15, 0.2) is 6.10 Å². The summed E-state index contributed by atoms with van der Waals surface area (Å²) < 4.78 is 5.59. The molecule has 0 spiro atoms. The Labute approximate surface area is 130 Å². The van der Waals surface area contributed by atoms with Crippen LogP contribution in [0, 0.1) is 0 Å². The molecule has 0 aliphatic rings. The topological polar surface area (TPSA) is 50.7 Å². The van der Waals surface area contributed by atoms with Crippen LogP contribution in [0.3, 0.4) is 0 Å². The third-order valence-electron chi connectivity index (χ3n) is 3.20. The van der Waals surface area contributed by atoms with Crippen molar-refractivity contribution in [3.05, 3.63) is 65.7 Å². The van der Waals surface area contributed by atoms with Crippen molar-refractivity contribution >= 4 is 12.1 Å². The lowest BCUT2D eigenvalue weighted by atomic mass is 10.2. The predicted octanol–water partition coefficient (Wildman–Crippen LogP) is 3.17. The van der Waals surface area contributed by atoms with Gasteiger partial charge in [0.25, 0.3) is 5.91 Å². The van der Waals surface area contributed by atoms with Crippen molar-refractivity contribution in [3.8, 4) is 5.75 Å². The van der Waals surface area contributed by atoms with Gasteiger partial charge in [-0.1, -0.05) is 49.4 Å². The molecule has 0 heterocycles. The number of carbonyl (C=O) groups is 1. The summed E-state index contributed by atoms with van der Waals surface area (Å²) in [5, 5.41) is 3.93. The number of nitrogens with zero attached hydrogens (tertiary/aromatic N) is 1. The molecule has 0 saturated carbocycles. The van der Waals surface area contributed by atoms with Crippen molar-refractivity contribution < 1.29 is 9.53 Å². The average Bonchev–Trinajstić information content (AvgIpc) is 2.56. The van der Waals surface area contributed by atoms with Crippen LogP contribution in [-0.2, 0) is 11.2 Å². The SMILES string of the molecule is CCc1ccc(OC(C)C(=O)NN=Cc2ccccc2)cc1. The molecule has 0 aliphatic carbocycles. The number of hydrazone groups is 1. The molecule has 0 radical (unpaired) electrons. The van der Waals surface area contributed by atoms with Gasteiger partial charge in [0.05, 0.1) is 6.21 Å². The number of nitrogens with one attached hydrogen (secondary N) is 1. The number of hydrogen-bond acceptors (Lipinski definition) is 3. The first-order valence-electron chi connectivity index (χ1n) is 7.32. The minimum Gasteiger partial charge on any atom is -0.481 e. The van der Waals surface area contributed by atoms with E-state index in [9.17, 15) is 4.79 Å². The van der Waals surface area contributed by atoms with E-state index in [4.69, 9.17) is 4.74 Å². The molecule has 2 rings (SSSR count). The average molecular weight is 296 g/mol. The zero-order valence-electron chi connectivity index (χ0n) is 12.8. The molecule has 2 aromatic carbocycles. The second kappa shape index (κ2) is 7.98. The molecule has 1 atom stereocenters. The van der Waals surface area contributed by atoms with Gasteiger partial charge >= 0.3 is 0 Å². The van der Waals surface area contributed by atoms with E-state index in [1.165, 1.54) is 5.56 Å². The van der Waals surface area contributed by atoms with E-state index in [2.05, 4.69) is 17.5 Å². The Morgan fingerprint density at radius 1 is 1.18 bits per heavy atom. The van der Waals surface area contributed by atoms with Gasteiger partial charge in [0, 0.05) is 0 Å². The van der Waals surface area contributed by atoms with Crippen LogP contribution < -0.4 is 10.2 Å². The molecule has 22 heavy (non-hydrogen) atoms. The van der Waals surface area contributed by atoms with Gasteiger partial charge in [0.2, 0.25) is 0 Å². The van der Waals surface area contributed by atoms with Gasteiger partial charge in [0.1, 0.15) is 5.75 Å². The van der Waals surface area contributed by atoms with Crippen molar-refractivity contribution in [1.29, 1.82) is 0 Å². The number of hydrogen-bond donors (Lipinski definition) is 1. The Hall–Kier alpha value is -2.62. The van der Waals surface area contributed by atoms with Gasteiger partial charge in [-0.3, -0.25) is 4.79 Å². The van der Waals surface area contributed by atoms with Crippen LogP contribution in [0.4, 0.5) is 0 Å². The van der Waals surface area contributed by atoms with Crippen molar-refractivity contribution in [2.45, 2.75) is 26.4 Å². The minimum atomic E-state index is -0.611. The number of rotatable bonds is 6. The van der Waals surface area contributed by atoms with Crippen molar-refractivity contribution in [3.63, 3.8) is 0 Å². The van der Waals surface area contributed by atoms with Gasteiger partial charge in [-0.15, -0.1) is 0 Å². The molecule has 0 aromatic heterocycles. The Bertz CT molecular complexity index is 621. The van der Waals surface area contributed by atoms with Crippen LogP contribution in [0.5, 0.6) is 5.75 Å². The number of aryl methyl sites for hydroxylation is 1. The Morgan fingerprint density at radius 3 is 2.50 bits per heavy atom. The summed E-state index contributed by atoms with van der Waals surface area (Å²) in [6, 6.07) is 17.3. The zero-order chi connectivity index (χ0) is 15.8. The Kier molecular flexibility index (Phi) is 5.72. The molecule has 0 aliphatic heterocycles. The second-order valence-electron chi connectivity index (χ2n) is 4.90. The first-order valence-corrected chi connectivity index (χ1v) is 7.32. The van der Waals surface area contributed by atoms with Crippen molar-refractivity contribution in [2.24, 2.45) is 5.10 Å². The molecule has 4 heteroatoms. The quantitative estimate of drug-likeness (QED) is 0.657. The fraction of sp³-hybridized carbons (Fsp3) is 0.222. The Balaban J connectivity index is 1.85. The summed E-state index contributed by atoms with van der Waals surface area (Å²) in [7, 11) is 0. The van der Waals surface area contributed by atoms with Crippen LogP contribution >= 0.6 is 0 Å². The lowest BCUT2D eigenvalue weighted by Gasteiger charge is -2.13. The first kappa shape index (κ1) is 15.8. The maximum Gasteiger partial charge on any atom is 0.280 e. The van der Waals surface area contributed by atoms with Gasteiger partial charge in [-0.25, -0.2) is 5.43 Å². The molecular weight excluding hydrogens is 276 g/mol. The molecule has 0 bridgehead atoms. The lowest BCUT2D eigenvalue weighted by molar-refractivity contribution is -0.127. The van der Waals surface area contributed by atoms with Crippen LogP contribution in [0.2, 0.25) is 0 Å². The van der Waals surface area contributed by atoms with E-state index >= 15 is 0 Å². The Morgan fingerprint density at radius 2 is 1.86 bits per heavy atom. The molecule has 1 amide bonds. The summed E-state index contributed by atoms with van der Waals surface area (Å²) >= 11 is 0. The third-order valence-corrected chi connectivity index (χ3v) is 3.20. The summed E-state index contributed by atoms with van der Waals surface area (Å²) in [6.07, 6.45) is 1.96. The smallest absolute Gasteiger partial charge is 0.280 e. The molecule has 2 aromatic rings. The molecule has 114 valence electrons. The summed E-state index contributed by atoms with van der Waals surface area (Å²) in [4.78, 5) is 11.9. The maximum absolute atomic E-state index is 11.9. The molecule has 1 unspecified atom stereocenters. The van der Waals surface area contributed by atoms with E-state index in [0.717, 1.165) is 12.0 Å². The minimum absolute atomic E-state index is 0.285. The zero-order valence-corrected chi connectivity index (χ0v) is 12.8. The monoisotopic (exact) mass is 296 g/mol. The number of carbonyl (C=O) groups excluding carboxylic acids is 1. The molecular formula is C18H20N2O2. The summed E-state index contributed by atoms with van der Waals surface area (Å²) in [5.74, 6) is 0.388. The number of benzene rings is 2. The highest BCUT2D eigenvalue weighted by Gasteiger charge is 2.13. The van der Waals surface area contributed by atoms with Crippen molar-refractivity contribution in [2.75, 3.05) is 0 Å². The van der Waals surface area contributed by atoms with Gasteiger partial charge in [-0.2, -0.15) is 5.10 Å². The fourth-order valence-electron chi connectivity index (χ4n) is 1.86. The number of ether oxygens (including phenoxy) is 1. The van der Waals surface area contributed by atoms with Crippen LogP contribution in [0.1, 0.15) is 25.0 Å². The van der Waals surface area contributed by atoms with Crippen molar-refractivity contribution in [1.82, 2.24) is 5.43 Å². The van der Waals surface area contributed by atoms with Crippen LogP contribution in [-0.4, -0.2) is 18.2 Å². The van der Waals surface area contributed by atoms with E-state index in [1.54, 1.807) is 13.1 Å². The van der Waals surface area contributed by atoms with Gasteiger partial charge in [-0.05, 0) is 36.6 Å². The highest BCUT2D eigenvalue weighted by Crippen LogP contribution is 2.14. The molecule has 1 N–H and O–H groups in total. The van der Waals surface area contributed by atoms with Crippen LogP contribution in [0.15, 0.2) is 59.7 Å².